The molecule has 0 spiro atoms. The molecule has 5 heteroatoms. The van der Waals surface area contributed by atoms with Gasteiger partial charge in [-0.3, -0.25) is 0 Å². The van der Waals surface area contributed by atoms with Crippen LogP contribution in [0, 0.1) is 5.41 Å². The van der Waals surface area contributed by atoms with Gasteiger partial charge in [0.25, 0.3) is 0 Å². The number of hydrogen-bond acceptors (Lipinski definition) is 3. The van der Waals surface area contributed by atoms with E-state index in [2.05, 4.69) is 19.2 Å². The largest absolute Gasteiger partial charge is 0.311 e. The predicted molar refractivity (Wildman–Crippen MR) is 74.0 cm³/mol. The highest BCUT2D eigenvalue weighted by Gasteiger charge is 2.43. The zero-order valence-electron chi connectivity index (χ0n) is 11.8. The average molecular weight is 274 g/mol. The summed E-state index contributed by atoms with van der Waals surface area (Å²) in [4.78, 5) is 0. The third-order valence-electron chi connectivity index (χ3n) is 4.78. The van der Waals surface area contributed by atoms with Crippen molar-refractivity contribution < 1.29 is 8.42 Å². The summed E-state index contributed by atoms with van der Waals surface area (Å²) in [6, 6.07) is 1.04. The van der Waals surface area contributed by atoms with Gasteiger partial charge < -0.3 is 5.32 Å². The molecule has 1 atom stereocenters. The van der Waals surface area contributed by atoms with Gasteiger partial charge in [-0.05, 0) is 44.9 Å². The second kappa shape index (κ2) is 5.10. The number of sulfonamides is 1. The summed E-state index contributed by atoms with van der Waals surface area (Å²) in [5.74, 6) is 0.222. The number of hydrogen-bond donors (Lipinski definition) is 1. The molecule has 1 aliphatic heterocycles. The number of nitrogens with zero attached hydrogens (tertiary/aromatic N) is 1. The highest BCUT2D eigenvalue weighted by atomic mass is 32.2. The van der Waals surface area contributed by atoms with Crippen LogP contribution in [0.3, 0.4) is 0 Å². The zero-order chi connectivity index (χ0) is 13.4. The molecule has 0 aromatic rings. The Bertz CT molecular complexity index is 382. The van der Waals surface area contributed by atoms with E-state index >= 15 is 0 Å². The van der Waals surface area contributed by atoms with Crippen LogP contribution in [0.5, 0.6) is 0 Å². The van der Waals surface area contributed by atoms with Crippen molar-refractivity contribution in [2.45, 2.75) is 58.5 Å². The Morgan fingerprint density at radius 2 is 1.89 bits per heavy atom. The first kappa shape index (κ1) is 14.3. The Balaban J connectivity index is 1.80. The quantitative estimate of drug-likeness (QED) is 0.828. The Morgan fingerprint density at radius 3 is 2.33 bits per heavy atom. The van der Waals surface area contributed by atoms with Crippen LogP contribution in [0.2, 0.25) is 0 Å². The van der Waals surface area contributed by atoms with Crippen molar-refractivity contribution >= 4 is 10.0 Å². The summed E-state index contributed by atoms with van der Waals surface area (Å²) >= 11 is 0. The molecule has 1 unspecified atom stereocenters. The van der Waals surface area contributed by atoms with E-state index < -0.39 is 10.0 Å². The molecule has 0 radical (unpaired) electrons. The van der Waals surface area contributed by atoms with E-state index in [1.165, 1.54) is 12.8 Å². The van der Waals surface area contributed by atoms with Gasteiger partial charge in [0.2, 0.25) is 10.0 Å². The summed E-state index contributed by atoms with van der Waals surface area (Å²) in [5.41, 5.74) is 0.493. The van der Waals surface area contributed by atoms with Gasteiger partial charge in [-0.2, -0.15) is 0 Å². The first-order valence-corrected chi connectivity index (χ1v) is 8.72. The first-order chi connectivity index (χ1) is 8.37. The Morgan fingerprint density at radius 1 is 1.33 bits per heavy atom. The van der Waals surface area contributed by atoms with Crippen LogP contribution < -0.4 is 5.32 Å². The van der Waals surface area contributed by atoms with Gasteiger partial charge in [0, 0.05) is 25.2 Å². The lowest BCUT2D eigenvalue weighted by Crippen LogP contribution is -2.49. The molecule has 4 nitrogen and oxygen atoms in total. The van der Waals surface area contributed by atoms with Crippen molar-refractivity contribution in [1.29, 1.82) is 0 Å². The maximum Gasteiger partial charge on any atom is 0.213 e. The number of nitrogens with one attached hydrogen (secondary N) is 1. The van der Waals surface area contributed by atoms with Crippen LogP contribution in [0.1, 0.15) is 46.5 Å². The minimum atomic E-state index is -2.98. The maximum absolute atomic E-state index is 11.8. The summed E-state index contributed by atoms with van der Waals surface area (Å²) < 4.78 is 25.2. The molecule has 0 aromatic carbocycles. The Labute approximate surface area is 111 Å². The van der Waals surface area contributed by atoms with E-state index in [0.717, 1.165) is 12.8 Å². The zero-order valence-corrected chi connectivity index (χ0v) is 12.6. The molecule has 1 saturated heterocycles. The van der Waals surface area contributed by atoms with Crippen LogP contribution in [0.25, 0.3) is 0 Å². The van der Waals surface area contributed by atoms with Gasteiger partial charge in [-0.1, -0.05) is 6.92 Å². The van der Waals surface area contributed by atoms with Gasteiger partial charge >= 0.3 is 0 Å². The highest BCUT2D eigenvalue weighted by molar-refractivity contribution is 7.89. The molecule has 1 N–H and O–H groups in total. The van der Waals surface area contributed by atoms with E-state index in [1.54, 1.807) is 11.2 Å². The van der Waals surface area contributed by atoms with Crippen LogP contribution in [-0.2, 0) is 10.0 Å². The SMILES string of the molecule is CCS(=O)(=O)N1CCC(NC(C)C2(C)CC2)CC1. The lowest BCUT2D eigenvalue weighted by Gasteiger charge is -2.34. The molecule has 1 aliphatic carbocycles. The Hall–Kier alpha value is -0.130. The van der Waals surface area contributed by atoms with Crippen LogP contribution in [0.15, 0.2) is 0 Å². The monoisotopic (exact) mass is 274 g/mol. The molecule has 1 saturated carbocycles. The van der Waals surface area contributed by atoms with Crippen molar-refractivity contribution in [3.05, 3.63) is 0 Å². The highest BCUT2D eigenvalue weighted by Crippen LogP contribution is 2.48. The maximum atomic E-state index is 11.8. The summed E-state index contributed by atoms with van der Waals surface area (Å²) in [6.07, 6.45) is 4.54. The lowest BCUT2D eigenvalue weighted by atomic mass is 9.97. The summed E-state index contributed by atoms with van der Waals surface area (Å²) in [7, 11) is -2.98. The standard InChI is InChI=1S/C13H26N2O2S/c1-4-18(16,17)15-9-5-12(6-10-15)14-11(2)13(3)7-8-13/h11-12,14H,4-10H2,1-3H3. The van der Waals surface area contributed by atoms with Crippen molar-refractivity contribution in [1.82, 2.24) is 9.62 Å². The molecule has 18 heavy (non-hydrogen) atoms. The lowest BCUT2D eigenvalue weighted by molar-refractivity contribution is 0.250. The molecule has 0 bridgehead atoms. The molecule has 106 valence electrons. The smallest absolute Gasteiger partial charge is 0.213 e. The second-order valence-corrected chi connectivity index (χ2v) is 8.37. The van der Waals surface area contributed by atoms with E-state index in [4.69, 9.17) is 0 Å². The van der Waals surface area contributed by atoms with Gasteiger partial charge in [-0.15, -0.1) is 0 Å². The molecule has 1 heterocycles. The van der Waals surface area contributed by atoms with Crippen molar-refractivity contribution in [3.8, 4) is 0 Å². The fourth-order valence-electron chi connectivity index (χ4n) is 2.67. The van der Waals surface area contributed by atoms with Crippen LogP contribution in [0.4, 0.5) is 0 Å². The normalized spacial score (nSPS) is 27.1. The van der Waals surface area contributed by atoms with Crippen LogP contribution >= 0.6 is 0 Å². The minimum Gasteiger partial charge on any atom is -0.311 e. The van der Waals surface area contributed by atoms with Crippen LogP contribution in [-0.4, -0.2) is 43.6 Å². The second-order valence-electron chi connectivity index (χ2n) is 6.12. The van der Waals surface area contributed by atoms with E-state index in [-0.39, 0.29) is 5.75 Å². The van der Waals surface area contributed by atoms with Crippen molar-refractivity contribution in [2.75, 3.05) is 18.8 Å². The molecule has 2 fully saturated rings. The molecule has 0 amide bonds. The third kappa shape index (κ3) is 3.06. The van der Waals surface area contributed by atoms with E-state index in [9.17, 15) is 8.42 Å². The minimum absolute atomic E-state index is 0.222. The molecular formula is C13H26N2O2S. The average Bonchev–Trinajstić information content (AvgIpc) is 3.09. The summed E-state index contributed by atoms with van der Waals surface area (Å²) in [5, 5.41) is 3.69. The molecule has 2 aliphatic rings. The fourth-order valence-corrected chi connectivity index (χ4v) is 3.80. The van der Waals surface area contributed by atoms with E-state index in [1.807, 2.05) is 0 Å². The van der Waals surface area contributed by atoms with Gasteiger partial charge in [0.05, 0.1) is 5.75 Å². The van der Waals surface area contributed by atoms with Gasteiger partial charge in [-0.25, -0.2) is 12.7 Å². The van der Waals surface area contributed by atoms with Crippen molar-refractivity contribution in [3.63, 3.8) is 0 Å². The van der Waals surface area contributed by atoms with Gasteiger partial charge in [0.15, 0.2) is 0 Å². The van der Waals surface area contributed by atoms with Gasteiger partial charge in [0.1, 0.15) is 0 Å². The predicted octanol–water partition coefficient (Wildman–Crippen LogP) is 1.58. The molecule has 0 aromatic heterocycles. The topological polar surface area (TPSA) is 49.4 Å². The summed E-state index contributed by atoms with van der Waals surface area (Å²) in [6.45, 7) is 7.67. The fraction of sp³-hybridized carbons (Fsp3) is 1.00. The molecule has 2 rings (SSSR count). The number of piperidine rings is 1. The van der Waals surface area contributed by atoms with E-state index in [0.29, 0.717) is 30.6 Å². The molecular weight excluding hydrogens is 248 g/mol. The number of rotatable bonds is 5. The van der Waals surface area contributed by atoms with Crippen molar-refractivity contribution in [2.24, 2.45) is 5.41 Å². The first-order valence-electron chi connectivity index (χ1n) is 7.11. The Kier molecular flexibility index (Phi) is 4.04. The third-order valence-corrected chi connectivity index (χ3v) is 6.66.